The summed E-state index contributed by atoms with van der Waals surface area (Å²) >= 11 is 0. The second-order valence-electron chi connectivity index (χ2n) is 5.59. The van der Waals surface area contributed by atoms with E-state index in [-0.39, 0.29) is 17.2 Å². The van der Waals surface area contributed by atoms with E-state index in [1.165, 1.54) is 6.92 Å². The van der Waals surface area contributed by atoms with E-state index in [0.717, 1.165) is 0 Å². The Labute approximate surface area is 113 Å². The van der Waals surface area contributed by atoms with E-state index in [1.807, 2.05) is 20.8 Å². The lowest BCUT2D eigenvalue weighted by molar-refractivity contribution is -0.119. The third-order valence-electron chi connectivity index (χ3n) is 2.69. The fourth-order valence-corrected chi connectivity index (χ4v) is 1.45. The van der Waals surface area contributed by atoms with Crippen LogP contribution in [0.25, 0.3) is 0 Å². The number of nitrogens with one attached hydrogen (secondary N) is 2. The van der Waals surface area contributed by atoms with Crippen molar-refractivity contribution >= 4 is 23.2 Å². The van der Waals surface area contributed by atoms with Crippen molar-refractivity contribution in [2.45, 2.75) is 33.7 Å². The Hall–Kier alpha value is -1.88. The highest BCUT2D eigenvalue weighted by atomic mass is 16.2. The second-order valence-corrected chi connectivity index (χ2v) is 5.59. The summed E-state index contributed by atoms with van der Waals surface area (Å²) in [6.45, 7) is 7.18. The third-order valence-corrected chi connectivity index (χ3v) is 2.69. The predicted octanol–water partition coefficient (Wildman–Crippen LogP) is 1.96. The Morgan fingerprint density at radius 1 is 1.05 bits per heavy atom. The first-order valence-electron chi connectivity index (χ1n) is 6.14. The average molecular weight is 263 g/mol. The van der Waals surface area contributed by atoms with Gasteiger partial charge < -0.3 is 16.4 Å². The van der Waals surface area contributed by atoms with Crippen LogP contribution in [-0.4, -0.2) is 17.9 Å². The Morgan fingerprint density at radius 3 is 1.84 bits per heavy atom. The number of carbonyl (C=O) groups excluding carboxylic acids is 2. The van der Waals surface area contributed by atoms with Crippen molar-refractivity contribution in [1.82, 2.24) is 0 Å². The van der Waals surface area contributed by atoms with Gasteiger partial charge in [-0.3, -0.25) is 9.59 Å². The maximum atomic E-state index is 11.9. The van der Waals surface area contributed by atoms with Gasteiger partial charge in [-0.25, -0.2) is 0 Å². The SMILES string of the molecule is CC(=O)Nc1ccc(NC(=O)[C@@H](N)C(C)(C)C)cc1. The third kappa shape index (κ3) is 4.71. The lowest BCUT2D eigenvalue weighted by Crippen LogP contribution is -2.45. The summed E-state index contributed by atoms with van der Waals surface area (Å²) in [5.74, 6) is -0.355. The van der Waals surface area contributed by atoms with Crippen LogP contribution < -0.4 is 16.4 Å². The molecule has 0 saturated carbocycles. The van der Waals surface area contributed by atoms with Gasteiger partial charge in [0.05, 0.1) is 6.04 Å². The molecule has 0 bridgehead atoms. The van der Waals surface area contributed by atoms with Crippen LogP contribution in [0.15, 0.2) is 24.3 Å². The van der Waals surface area contributed by atoms with Crippen molar-refractivity contribution in [2.24, 2.45) is 11.1 Å². The molecule has 5 nitrogen and oxygen atoms in total. The molecule has 1 atom stereocenters. The van der Waals surface area contributed by atoms with Crippen LogP contribution in [0.3, 0.4) is 0 Å². The molecule has 0 unspecified atom stereocenters. The average Bonchev–Trinajstić information content (AvgIpc) is 2.28. The molecule has 0 heterocycles. The van der Waals surface area contributed by atoms with Crippen LogP contribution in [0.2, 0.25) is 0 Å². The normalized spacial score (nSPS) is 12.7. The van der Waals surface area contributed by atoms with Crippen LogP contribution >= 0.6 is 0 Å². The summed E-state index contributed by atoms with van der Waals surface area (Å²) in [6, 6.07) is 6.30. The minimum absolute atomic E-state index is 0.133. The fraction of sp³-hybridized carbons (Fsp3) is 0.429. The molecule has 0 saturated heterocycles. The lowest BCUT2D eigenvalue weighted by atomic mass is 9.87. The molecule has 1 aromatic carbocycles. The minimum Gasteiger partial charge on any atom is -0.326 e. The predicted molar refractivity (Wildman–Crippen MR) is 76.8 cm³/mol. The number of benzene rings is 1. The Bertz CT molecular complexity index is 461. The van der Waals surface area contributed by atoms with Crippen LogP contribution in [-0.2, 0) is 9.59 Å². The summed E-state index contributed by atoms with van der Waals surface area (Å²) in [7, 11) is 0. The second kappa shape index (κ2) is 5.84. The zero-order valence-corrected chi connectivity index (χ0v) is 11.8. The van der Waals surface area contributed by atoms with Gasteiger partial charge in [0.1, 0.15) is 0 Å². The molecular weight excluding hydrogens is 242 g/mol. The molecule has 5 heteroatoms. The number of nitrogens with two attached hydrogens (primary N) is 1. The monoisotopic (exact) mass is 263 g/mol. The Morgan fingerprint density at radius 2 is 1.47 bits per heavy atom. The number of rotatable bonds is 3. The van der Waals surface area contributed by atoms with E-state index in [2.05, 4.69) is 10.6 Å². The number of carbonyl (C=O) groups is 2. The lowest BCUT2D eigenvalue weighted by Gasteiger charge is -2.25. The maximum absolute atomic E-state index is 11.9. The van der Waals surface area contributed by atoms with Gasteiger partial charge in [0.25, 0.3) is 0 Å². The highest BCUT2D eigenvalue weighted by molar-refractivity contribution is 5.95. The molecule has 2 amide bonds. The van der Waals surface area contributed by atoms with E-state index in [4.69, 9.17) is 5.73 Å². The quantitative estimate of drug-likeness (QED) is 0.779. The summed E-state index contributed by atoms with van der Waals surface area (Å²) in [5.41, 5.74) is 6.91. The highest BCUT2D eigenvalue weighted by Crippen LogP contribution is 2.19. The van der Waals surface area contributed by atoms with Crippen molar-refractivity contribution < 1.29 is 9.59 Å². The van der Waals surface area contributed by atoms with Gasteiger partial charge in [-0.05, 0) is 29.7 Å². The van der Waals surface area contributed by atoms with Crippen LogP contribution in [0.1, 0.15) is 27.7 Å². The van der Waals surface area contributed by atoms with Gasteiger partial charge in [0.15, 0.2) is 0 Å². The van der Waals surface area contributed by atoms with E-state index in [1.54, 1.807) is 24.3 Å². The van der Waals surface area contributed by atoms with Crippen LogP contribution in [0.5, 0.6) is 0 Å². The van der Waals surface area contributed by atoms with Crippen molar-refractivity contribution in [3.05, 3.63) is 24.3 Å². The van der Waals surface area contributed by atoms with Gasteiger partial charge in [-0.1, -0.05) is 20.8 Å². The van der Waals surface area contributed by atoms with E-state index in [9.17, 15) is 9.59 Å². The largest absolute Gasteiger partial charge is 0.326 e. The summed E-state index contributed by atoms with van der Waals surface area (Å²) in [5, 5.41) is 5.41. The molecule has 19 heavy (non-hydrogen) atoms. The molecule has 0 spiro atoms. The van der Waals surface area contributed by atoms with Crippen molar-refractivity contribution in [3.63, 3.8) is 0 Å². The summed E-state index contributed by atoms with van der Waals surface area (Å²) in [6.07, 6.45) is 0. The molecule has 104 valence electrons. The van der Waals surface area contributed by atoms with Crippen molar-refractivity contribution in [1.29, 1.82) is 0 Å². The topological polar surface area (TPSA) is 84.2 Å². The molecule has 0 aliphatic carbocycles. The number of hydrogen-bond acceptors (Lipinski definition) is 3. The first kappa shape index (κ1) is 15.2. The standard InChI is InChI=1S/C14H21N3O2/c1-9(18)16-10-5-7-11(8-6-10)17-13(19)12(15)14(2,3)4/h5-8,12H,15H2,1-4H3,(H,16,18)(H,17,19)/t12-/m1/s1. The van der Waals surface area contributed by atoms with Crippen molar-refractivity contribution in [2.75, 3.05) is 10.6 Å². The number of hydrogen-bond donors (Lipinski definition) is 3. The Kier molecular flexibility index (Phi) is 4.67. The zero-order chi connectivity index (χ0) is 14.6. The summed E-state index contributed by atoms with van der Waals surface area (Å²) in [4.78, 5) is 22.8. The minimum atomic E-state index is -0.581. The van der Waals surface area contributed by atoms with Gasteiger partial charge in [-0.2, -0.15) is 0 Å². The van der Waals surface area contributed by atoms with E-state index >= 15 is 0 Å². The smallest absolute Gasteiger partial charge is 0.241 e. The molecule has 1 rings (SSSR count). The number of anilines is 2. The molecule has 0 aliphatic heterocycles. The molecule has 0 fully saturated rings. The molecular formula is C14H21N3O2. The zero-order valence-electron chi connectivity index (χ0n) is 11.8. The maximum Gasteiger partial charge on any atom is 0.241 e. The first-order valence-corrected chi connectivity index (χ1v) is 6.14. The van der Waals surface area contributed by atoms with E-state index < -0.39 is 6.04 Å². The fourth-order valence-electron chi connectivity index (χ4n) is 1.45. The molecule has 1 aromatic rings. The highest BCUT2D eigenvalue weighted by Gasteiger charge is 2.27. The molecule has 0 radical (unpaired) electrons. The summed E-state index contributed by atoms with van der Waals surface area (Å²) < 4.78 is 0. The number of amides is 2. The van der Waals surface area contributed by atoms with Gasteiger partial charge >= 0.3 is 0 Å². The first-order chi connectivity index (χ1) is 8.70. The molecule has 4 N–H and O–H groups in total. The molecule has 0 aliphatic rings. The Balaban J connectivity index is 2.68. The van der Waals surface area contributed by atoms with Crippen molar-refractivity contribution in [3.8, 4) is 0 Å². The van der Waals surface area contributed by atoms with Gasteiger partial charge in [0.2, 0.25) is 11.8 Å². The van der Waals surface area contributed by atoms with Gasteiger partial charge in [-0.15, -0.1) is 0 Å². The van der Waals surface area contributed by atoms with Crippen LogP contribution in [0.4, 0.5) is 11.4 Å². The van der Waals surface area contributed by atoms with E-state index in [0.29, 0.717) is 11.4 Å². The van der Waals surface area contributed by atoms with Crippen LogP contribution in [0, 0.1) is 5.41 Å². The van der Waals surface area contributed by atoms with Gasteiger partial charge in [0, 0.05) is 18.3 Å². The molecule has 0 aromatic heterocycles.